The van der Waals surface area contributed by atoms with Crippen LogP contribution in [-0.4, -0.2) is 5.91 Å². The molecule has 1 rings (SSSR count). The number of hydrogen-bond donors (Lipinski definition) is 1. The third-order valence-electron chi connectivity index (χ3n) is 2.29. The number of amides is 1. The minimum atomic E-state index is 0.0319. The number of nitrogens with one attached hydrogen (secondary N) is 1. The monoisotopic (exact) mass is 205 g/mol. The van der Waals surface area contributed by atoms with Crippen LogP contribution in [0.4, 0.5) is 0 Å². The van der Waals surface area contributed by atoms with Crippen LogP contribution in [0, 0.1) is 5.92 Å². The largest absolute Gasteiger partial charge is 0.350 e. The lowest BCUT2D eigenvalue weighted by atomic mass is 9.97. The van der Waals surface area contributed by atoms with Crippen molar-refractivity contribution in [1.82, 2.24) is 5.32 Å². The van der Waals surface area contributed by atoms with Gasteiger partial charge in [0.05, 0.1) is 6.04 Å². The maximum absolute atomic E-state index is 11.1. The summed E-state index contributed by atoms with van der Waals surface area (Å²) in [4.78, 5) is 11.1. The van der Waals surface area contributed by atoms with Gasteiger partial charge in [-0.1, -0.05) is 44.2 Å². The molecule has 2 heteroatoms. The van der Waals surface area contributed by atoms with Gasteiger partial charge in [-0.25, -0.2) is 0 Å². The smallest absolute Gasteiger partial charge is 0.217 e. The molecule has 0 heterocycles. The van der Waals surface area contributed by atoms with Crippen molar-refractivity contribution in [2.45, 2.75) is 33.2 Å². The van der Waals surface area contributed by atoms with Gasteiger partial charge in [0.25, 0.3) is 0 Å². The van der Waals surface area contributed by atoms with Gasteiger partial charge in [-0.15, -0.1) is 0 Å². The third-order valence-corrected chi connectivity index (χ3v) is 2.29. The van der Waals surface area contributed by atoms with Gasteiger partial charge in [0.15, 0.2) is 0 Å². The first-order valence-electron chi connectivity index (χ1n) is 5.41. The van der Waals surface area contributed by atoms with Gasteiger partial charge in [-0.05, 0) is 17.9 Å². The lowest BCUT2D eigenvalue weighted by Gasteiger charge is -2.20. The Bertz CT molecular complexity index is 306. The van der Waals surface area contributed by atoms with E-state index in [2.05, 4.69) is 31.3 Å². The molecule has 0 fully saturated rings. The summed E-state index contributed by atoms with van der Waals surface area (Å²) >= 11 is 0. The van der Waals surface area contributed by atoms with E-state index in [0.29, 0.717) is 5.92 Å². The van der Waals surface area contributed by atoms with Crippen LogP contribution in [0.5, 0.6) is 0 Å². The van der Waals surface area contributed by atoms with Gasteiger partial charge < -0.3 is 5.32 Å². The fourth-order valence-electron chi connectivity index (χ4n) is 1.68. The number of carbonyl (C=O) groups is 1. The van der Waals surface area contributed by atoms with Crippen molar-refractivity contribution in [3.8, 4) is 0 Å². The highest BCUT2D eigenvalue weighted by Gasteiger charge is 2.13. The first-order valence-corrected chi connectivity index (χ1v) is 5.41. The van der Waals surface area contributed by atoms with E-state index >= 15 is 0 Å². The van der Waals surface area contributed by atoms with E-state index in [1.54, 1.807) is 6.92 Å². The molecule has 1 N–H and O–H groups in total. The first-order chi connectivity index (χ1) is 7.09. The molecule has 82 valence electrons. The van der Waals surface area contributed by atoms with Gasteiger partial charge in [-0.2, -0.15) is 0 Å². The average molecular weight is 205 g/mol. The molecule has 1 atom stereocenters. The molecule has 0 aliphatic carbocycles. The lowest BCUT2D eigenvalue weighted by Crippen LogP contribution is -2.27. The standard InChI is InChI=1S/C13H19NO/c1-10(2)9-13(14-11(3)15)12-7-5-4-6-8-12/h4-8,10,13H,9H2,1-3H3,(H,14,15). The lowest BCUT2D eigenvalue weighted by molar-refractivity contribution is -0.119. The fraction of sp³-hybridized carbons (Fsp3) is 0.462. The quantitative estimate of drug-likeness (QED) is 0.804. The third kappa shape index (κ3) is 4.15. The Balaban J connectivity index is 2.76. The molecule has 15 heavy (non-hydrogen) atoms. The van der Waals surface area contributed by atoms with E-state index in [-0.39, 0.29) is 11.9 Å². The second-order valence-electron chi connectivity index (χ2n) is 4.29. The SMILES string of the molecule is CC(=O)NC(CC(C)C)c1ccccc1. The Morgan fingerprint density at radius 1 is 1.27 bits per heavy atom. The summed E-state index contributed by atoms with van der Waals surface area (Å²) in [5.74, 6) is 0.603. The van der Waals surface area contributed by atoms with E-state index in [0.717, 1.165) is 6.42 Å². The summed E-state index contributed by atoms with van der Waals surface area (Å²) < 4.78 is 0. The Hall–Kier alpha value is -1.31. The van der Waals surface area contributed by atoms with Crippen LogP contribution >= 0.6 is 0 Å². The van der Waals surface area contributed by atoms with E-state index < -0.39 is 0 Å². The summed E-state index contributed by atoms with van der Waals surface area (Å²) in [5, 5.41) is 2.99. The number of benzene rings is 1. The maximum Gasteiger partial charge on any atom is 0.217 e. The zero-order valence-corrected chi connectivity index (χ0v) is 9.66. The Kier molecular flexibility index (Phi) is 4.35. The predicted molar refractivity (Wildman–Crippen MR) is 62.5 cm³/mol. The van der Waals surface area contributed by atoms with Crippen LogP contribution < -0.4 is 5.32 Å². The summed E-state index contributed by atoms with van der Waals surface area (Å²) in [6.45, 7) is 5.89. The van der Waals surface area contributed by atoms with Crippen LogP contribution in [0.1, 0.15) is 38.8 Å². The van der Waals surface area contributed by atoms with Gasteiger partial charge >= 0.3 is 0 Å². The highest BCUT2D eigenvalue weighted by Crippen LogP contribution is 2.20. The molecule has 2 nitrogen and oxygen atoms in total. The van der Waals surface area contributed by atoms with Gasteiger partial charge in [0, 0.05) is 6.92 Å². The van der Waals surface area contributed by atoms with Gasteiger partial charge in [0.2, 0.25) is 5.91 Å². The molecule has 0 aliphatic rings. The molecular weight excluding hydrogens is 186 g/mol. The molecule has 0 bridgehead atoms. The molecule has 1 unspecified atom stereocenters. The average Bonchev–Trinajstić information content (AvgIpc) is 2.17. The minimum Gasteiger partial charge on any atom is -0.350 e. The summed E-state index contributed by atoms with van der Waals surface area (Å²) in [6, 6.07) is 10.3. The van der Waals surface area contributed by atoms with Crippen molar-refractivity contribution >= 4 is 5.91 Å². The molecule has 1 aromatic carbocycles. The Morgan fingerprint density at radius 2 is 1.87 bits per heavy atom. The normalized spacial score (nSPS) is 12.5. The van der Waals surface area contributed by atoms with Crippen LogP contribution in [0.25, 0.3) is 0 Å². The fourth-order valence-corrected chi connectivity index (χ4v) is 1.68. The highest BCUT2D eigenvalue weighted by atomic mass is 16.1. The zero-order valence-electron chi connectivity index (χ0n) is 9.66. The molecule has 0 aliphatic heterocycles. The molecule has 0 saturated heterocycles. The molecule has 0 aromatic heterocycles. The molecular formula is C13H19NO. The van der Waals surface area contributed by atoms with Gasteiger partial charge in [-0.3, -0.25) is 4.79 Å². The van der Waals surface area contributed by atoms with Crippen LogP contribution in [0.3, 0.4) is 0 Å². The van der Waals surface area contributed by atoms with Crippen LogP contribution in [0.2, 0.25) is 0 Å². The van der Waals surface area contributed by atoms with Crippen molar-refractivity contribution in [2.24, 2.45) is 5.92 Å². The van der Waals surface area contributed by atoms with Crippen molar-refractivity contribution in [2.75, 3.05) is 0 Å². The molecule has 1 aromatic rings. The molecule has 0 spiro atoms. The van der Waals surface area contributed by atoms with Crippen molar-refractivity contribution < 1.29 is 4.79 Å². The predicted octanol–water partition coefficient (Wildman–Crippen LogP) is 2.91. The Morgan fingerprint density at radius 3 is 2.33 bits per heavy atom. The van der Waals surface area contributed by atoms with Crippen LogP contribution in [0.15, 0.2) is 30.3 Å². The topological polar surface area (TPSA) is 29.1 Å². The number of hydrogen-bond acceptors (Lipinski definition) is 1. The minimum absolute atomic E-state index is 0.0319. The van der Waals surface area contributed by atoms with Gasteiger partial charge in [0.1, 0.15) is 0 Å². The second kappa shape index (κ2) is 5.54. The molecule has 0 saturated carbocycles. The van der Waals surface area contributed by atoms with E-state index in [9.17, 15) is 4.79 Å². The summed E-state index contributed by atoms with van der Waals surface area (Å²) in [7, 11) is 0. The summed E-state index contributed by atoms with van der Waals surface area (Å²) in [5.41, 5.74) is 1.18. The number of carbonyl (C=O) groups excluding carboxylic acids is 1. The summed E-state index contributed by atoms with van der Waals surface area (Å²) in [6.07, 6.45) is 0.976. The van der Waals surface area contributed by atoms with Crippen molar-refractivity contribution in [3.05, 3.63) is 35.9 Å². The van der Waals surface area contributed by atoms with E-state index in [4.69, 9.17) is 0 Å². The first kappa shape index (κ1) is 11.8. The highest BCUT2D eigenvalue weighted by molar-refractivity contribution is 5.73. The molecule has 1 amide bonds. The Labute approximate surface area is 91.7 Å². The zero-order chi connectivity index (χ0) is 11.3. The second-order valence-corrected chi connectivity index (χ2v) is 4.29. The van der Waals surface area contributed by atoms with Crippen molar-refractivity contribution in [3.63, 3.8) is 0 Å². The van der Waals surface area contributed by atoms with E-state index in [1.807, 2.05) is 18.2 Å². The van der Waals surface area contributed by atoms with E-state index in [1.165, 1.54) is 5.56 Å². The van der Waals surface area contributed by atoms with Crippen molar-refractivity contribution in [1.29, 1.82) is 0 Å². The number of rotatable bonds is 4. The molecule has 0 radical (unpaired) electrons. The maximum atomic E-state index is 11.1. The van der Waals surface area contributed by atoms with Crippen LogP contribution in [-0.2, 0) is 4.79 Å².